The van der Waals surface area contributed by atoms with Crippen LogP contribution < -0.4 is 65.9 Å². The van der Waals surface area contributed by atoms with Crippen molar-refractivity contribution < 1.29 is 68.1 Å². The molecule has 1 aliphatic heterocycles. The fourth-order valence-corrected chi connectivity index (χ4v) is 9.57. The zero-order valence-electron chi connectivity index (χ0n) is 48.9. The van der Waals surface area contributed by atoms with Crippen LogP contribution in [0.15, 0.2) is 0 Å². The maximum absolute atomic E-state index is 14.4. The molecule has 0 saturated carbocycles. The molecule has 20 N–H and O–H groups in total. The average Bonchev–Trinajstić information content (AvgIpc) is 3.39. The van der Waals surface area contributed by atoms with Crippen LogP contribution in [-0.2, 0) is 52.7 Å². The number of amides is 7. The molecule has 464 valence electrons. The molecule has 0 aliphatic carbocycles. The second-order valence-electron chi connectivity index (χ2n) is 22.3. The first-order valence-corrected chi connectivity index (χ1v) is 28.9. The van der Waals surface area contributed by atoms with Crippen LogP contribution >= 0.6 is 0 Å². The highest BCUT2D eigenvalue weighted by atomic mass is 16.3. The van der Waals surface area contributed by atoms with Crippen LogP contribution in [0.2, 0.25) is 0 Å². The van der Waals surface area contributed by atoms with Gasteiger partial charge in [0.15, 0.2) is 17.3 Å². The van der Waals surface area contributed by atoms with E-state index in [0.717, 1.165) is 19.3 Å². The average molecular weight is 1150 g/mol. The van der Waals surface area contributed by atoms with E-state index in [4.69, 9.17) is 28.7 Å². The summed E-state index contributed by atoms with van der Waals surface area (Å²) in [6.07, 6.45) is -3.26. The van der Waals surface area contributed by atoms with Crippen LogP contribution in [0.3, 0.4) is 0 Å². The number of ketones is 4. The quantitative estimate of drug-likeness (QED) is 0.0324. The Morgan fingerprint density at radius 3 is 1.59 bits per heavy atom. The number of carbonyl (C=O) groups is 11. The Morgan fingerprint density at radius 2 is 1.10 bits per heavy atom. The minimum absolute atomic E-state index is 0.0559. The molecule has 1 rings (SSSR count). The molecule has 26 nitrogen and oxygen atoms in total. The number of hydrogen-bond donors (Lipinski definition) is 15. The number of aliphatic hydroxyl groups is 3. The highest BCUT2D eigenvalue weighted by Gasteiger charge is 2.38. The minimum atomic E-state index is -1.65. The number of Topliss-reactive ketones (excluding diaryl/α,β-unsaturated/α-hetero) is 4. The summed E-state index contributed by atoms with van der Waals surface area (Å²) >= 11 is 0. The number of carbonyl (C=O) groups excluding carboxylic acids is 11. The summed E-state index contributed by atoms with van der Waals surface area (Å²) in [4.78, 5) is 153. The van der Waals surface area contributed by atoms with Gasteiger partial charge in [-0.2, -0.15) is 0 Å². The maximum atomic E-state index is 14.4. The van der Waals surface area contributed by atoms with E-state index in [-0.39, 0.29) is 95.8 Å². The zero-order valence-corrected chi connectivity index (χ0v) is 48.9. The Bertz CT molecular complexity index is 2040. The van der Waals surface area contributed by atoms with Gasteiger partial charge in [0.25, 0.3) is 0 Å². The van der Waals surface area contributed by atoms with E-state index in [1.807, 2.05) is 0 Å². The molecule has 26 heteroatoms. The standard InChI is InChI=1S/C55H100N12O14/c1-8-31(4)11-9-10-12-39(71)26-35(13-19-56)50(76)65-46(32(5)68)45(74)28-37(15-21-58)49(75)64-42-18-24-61-54(80)47(33(6)69)66-51(77)36(14-20-57)27-43(72)41(17-23-60)63-55(81)48(34(7)70)67-52(78)38(25-30(2)3)29-44(73)40(16-22-59)62-53(42)79/h30-38,40-42,46-48,68-70H,8-29,56-60H2,1-7H3,(H,61,80)(H,62,79)(H,63,81)(H,64,75)(H,65,76)(H,66,77)(H,67,78)/t31-,32+,33+,34+,35+,36+,37-,38-,40-,41-,42-,46-,47-,48-/m0/s1. The van der Waals surface area contributed by atoms with Crippen molar-refractivity contribution in [3.05, 3.63) is 0 Å². The molecule has 1 fully saturated rings. The molecular formula is C55H100N12O14. The van der Waals surface area contributed by atoms with Crippen LogP contribution in [0.25, 0.3) is 0 Å². The maximum Gasteiger partial charge on any atom is 0.245 e. The van der Waals surface area contributed by atoms with Gasteiger partial charge in [0, 0.05) is 62.3 Å². The van der Waals surface area contributed by atoms with Crippen LogP contribution in [0.4, 0.5) is 0 Å². The lowest BCUT2D eigenvalue weighted by atomic mass is 9.88. The highest BCUT2D eigenvalue weighted by molar-refractivity contribution is 5.99. The van der Waals surface area contributed by atoms with Gasteiger partial charge in [-0.3, -0.25) is 52.7 Å². The molecular weight excluding hydrogens is 1050 g/mol. The topological polar surface area (TPSA) is 463 Å². The Morgan fingerprint density at radius 1 is 0.593 bits per heavy atom. The summed E-state index contributed by atoms with van der Waals surface area (Å²) in [5, 5.41) is 50.1. The lowest BCUT2D eigenvalue weighted by Crippen LogP contribution is -2.57. The molecule has 0 aromatic rings. The van der Waals surface area contributed by atoms with Crippen molar-refractivity contribution in [1.82, 2.24) is 37.2 Å². The van der Waals surface area contributed by atoms with Gasteiger partial charge in [-0.1, -0.05) is 47.0 Å². The van der Waals surface area contributed by atoms with E-state index in [1.54, 1.807) is 13.8 Å². The molecule has 0 radical (unpaired) electrons. The Labute approximate surface area is 477 Å². The van der Waals surface area contributed by atoms with Gasteiger partial charge in [-0.25, -0.2) is 0 Å². The number of hydrogen-bond acceptors (Lipinski definition) is 19. The monoisotopic (exact) mass is 1150 g/mol. The summed E-state index contributed by atoms with van der Waals surface area (Å²) in [6.45, 7) is 10.6. The summed E-state index contributed by atoms with van der Waals surface area (Å²) < 4.78 is 0. The van der Waals surface area contributed by atoms with Gasteiger partial charge in [0.05, 0.1) is 30.4 Å². The van der Waals surface area contributed by atoms with E-state index in [2.05, 4.69) is 51.1 Å². The van der Waals surface area contributed by atoms with Crippen molar-refractivity contribution in [3.8, 4) is 0 Å². The van der Waals surface area contributed by atoms with E-state index < -0.39 is 169 Å². The van der Waals surface area contributed by atoms with Crippen molar-refractivity contribution in [1.29, 1.82) is 0 Å². The Hall–Kier alpha value is -5.35. The molecule has 0 unspecified atom stereocenters. The number of nitrogens with two attached hydrogens (primary N) is 5. The molecule has 0 spiro atoms. The molecule has 14 atom stereocenters. The Kier molecular flexibility index (Phi) is 35.6. The molecule has 81 heavy (non-hydrogen) atoms. The van der Waals surface area contributed by atoms with Crippen LogP contribution in [0, 0.1) is 35.5 Å². The van der Waals surface area contributed by atoms with Gasteiger partial charge >= 0.3 is 0 Å². The fourth-order valence-electron chi connectivity index (χ4n) is 9.57. The third-order valence-electron chi connectivity index (χ3n) is 14.6. The predicted octanol–water partition coefficient (Wildman–Crippen LogP) is -2.74. The third-order valence-corrected chi connectivity index (χ3v) is 14.6. The SMILES string of the molecule is CC[C@H](C)CCCCC(=O)C[C@@H](CCN)C(=O)N[C@H](C(=O)C[C@H](CCN)C(=O)N[C@H]1CCNC(=O)[C@H]([C@@H](C)O)NC(=O)[C@H](CCN)CC(=O)[C@H](CCN)NC(=O)[C@H]([C@@H](C)O)NC(=O)[C@@H](CC(C)C)CC(=O)[C@H](CCN)NC1=O)[C@@H](C)O. The van der Waals surface area contributed by atoms with Crippen LogP contribution in [0.5, 0.6) is 0 Å². The molecule has 0 aromatic carbocycles. The van der Waals surface area contributed by atoms with Crippen LogP contribution in [0.1, 0.15) is 151 Å². The number of rotatable bonds is 30. The molecule has 1 saturated heterocycles. The van der Waals surface area contributed by atoms with E-state index in [9.17, 15) is 68.1 Å². The second kappa shape index (κ2) is 39.2. The minimum Gasteiger partial charge on any atom is -0.391 e. The number of aliphatic hydroxyl groups excluding tert-OH is 3. The van der Waals surface area contributed by atoms with Gasteiger partial charge in [-0.05, 0) is 117 Å². The van der Waals surface area contributed by atoms with Crippen LogP contribution in [-0.4, -0.2) is 174 Å². The van der Waals surface area contributed by atoms with Crippen molar-refractivity contribution in [2.75, 3.05) is 39.3 Å². The predicted molar refractivity (Wildman–Crippen MR) is 302 cm³/mol. The molecule has 7 amide bonds. The molecule has 0 bridgehead atoms. The second-order valence-corrected chi connectivity index (χ2v) is 22.3. The van der Waals surface area contributed by atoms with Crippen molar-refractivity contribution >= 4 is 64.5 Å². The number of unbranched alkanes of at least 4 members (excludes halogenated alkanes) is 1. The number of nitrogens with one attached hydrogen (secondary N) is 7. The lowest BCUT2D eigenvalue weighted by molar-refractivity contribution is -0.138. The smallest absolute Gasteiger partial charge is 0.245 e. The summed E-state index contributed by atoms with van der Waals surface area (Å²) in [7, 11) is 0. The van der Waals surface area contributed by atoms with Crippen molar-refractivity contribution in [2.45, 2.75) is 206 Å². The lowest BCUT2D eigenvalue weighted by Gasteiger charge is -2.28. The van der Waals surface area contributed by atoms with E-state index in [0.29, 0.717) is 12.3 Å². The summed E-state index contributed by atoms with van der Waals surface area (Å²) in [5.41, 5.74) is 29.3. The first kappa shape index (κ1) is 73.7. The third kappa shape index (κ3) is 27.1. The van der Waals surface area contributed by atoms with Crippen molar-refractivity contribution in [3.63, 3.8) is 0 Å². The summed E-state index contributed by atoms with van der Waals surface area (Å²) in [5.74, 6) is -12.6. The van der Waals surface area contributed by atoms with Gasteiger partial charge in [0.2, 0.25) is 41.4 Å². The summed E-state index contributed by atoms with van der Waals surface area (Å²) in [6, 6.07) is -9.12. The largest absolute Gasteiger partial charge is 0.391 e. The Balaban J connectivity index is 3.79. The van der Waals surface area contributed by atoms with Crippen molar-refractivity contribution in [2.24, 2.45) is 64.2 Å². The van der Waals surface area contributed by atoms with Gasteiger partial charge in [-0.15, -0.1) is 0 Å². The highest BCUT2D eigenvalue weighted by Crippen LogP contribution is 2.21. The first-order valence-electron chi connectivity index (χ1n) is 28.9. The van der Waals surface area contributed by atoms with E-state index in [1.165, 1.54) is 20.8 Å². The fraction of sp³-hybridized carbons (Fsp3) is 0.800. The molecule has 1 heterocycles. The first-order chi connectivity index (χ1) is 38.2. The van der Waals surface area contributed by atoms with Gasteiger partial charge < -0.3 is 81.2 Å². The normalized spacial score (nSPS) is 24.2. The van der Waals surface area contributed by atoms with Gasteiger partial charge in [0.1, 0.15) is 30.0 Å². The molecule has 0 aromatic heterocycles. The molecule has 1 aliphatic rings. The van der Waals surface area contributed by atoms with E-state index >= 15 is 0 Å². The zero-order chi connectivity index (χ0) is 61.5.